The van der Waals surface area contributed by atoms with Crippen LogP contribution in [0.5, 0.6) is 23.0 Å². The fraction of sp³-hybridized carbons (Fsp3) is 0.221. The van der Waals surface area contributed by atoms with Gasteiger partial charge in [-0.3, -0.25) is 4.18 Å². The molecule has 0 spiro atoms. The molecule has 0 aliphatic heterocycles. The Labute approximate surface area is 610 Å². The summed E-state index contributed by atoms with van der Waals surface area (Å²) < 4.78 is 58.0. The van der Waals surface area contributed by atoms with Gasteiger partial charge in [0, 0.05) is 120 Å². The van der Waals surface area contributed by atoms with Crippen molar-refractivity contribution in [2.24, 2.45) is 10.8 Å². The Hall–Kier alpha value is -9.90. The van der Waals surface area contributed by atoms with E-state index in [1.54, 1.807) is 28.4 Å². The van der Waals surface area contributed by atoms with Gasteiger partial charge in [-0.15, -0.1) is 0 Å². The number of aliphatic hydroxyl groups is 1. The Morgan fingerprint density at radius 1 is 0.431 bits per heavy atom. The molecule has 3 N–H and O–H groups in total. The summed E-state index contributed by atoms with van der Waals surface area (Å²) >= 11 is 24.2. The zero-order chi connectivity index (χ0) is 71.3. The number of nitrogens with two attached hydrogens (primary N) is 1. The number of azide groups is 1. The zero-order valence-electron chi connectivity index (χ0n) is 56.2. The van der Waals surface area contributed by atoms with Crippen molar-refractivity contribution in [3.8, 4) is 90.8 Å². The number of aliphatic hydroxyl groups excluding tert-OH is 1. The summed E-state index contributed by atoms with van der Waals surface area (Å²) in [5, 5.41) is 35.8. The second kappa shape index (κ2) is 30.7. The summed E-state index contributed by atoms with van der Waals surface area (Å²) in [5.41, 5.74) is 34.6. The summed E-state index contributed by atoms with van der Waals surface area (Å²) in [6.07, 6.45) is 5.32. The van der Waals surface area contributed by atoms with Crippen molar-refractivity contribution in [1.82, 2.24) is 39.1 Å². The van der Waals surface area contributed by atoms with Crippen molar-refractivity contribution in [3.63, 3.8) is 0 Å². The van der Waals surface area contributed by atoms with Gasteiger partial charge in [0.2, 0.25) is 0 Å². The van der Waals surface area contributed by atoms with Gasteiger partial charge < -0.3 is 29.8 Å². The average Bonchev–Trinajstić information content (AvgIpc) is 1.62. The van der Waals surface area contributed by atoms with Crippen LogP contribution in [0.4, 0.5) is 0 Å². The van der Waals surface area contributed by atoms with Gasteiger partial charge >= 0.3 is 0 Å². The van der Waals surface area contributed by atoms with Crippen LogP contribution in [0.2, 0.25) is 20.1 Å². The minimum absolute atomic E-state index is 0.0872. The number of ether oxygens (including phenoxy) is 4. The van der Waals surface area contributed by atoms with Crippen LogP contribution >= 0.6 is 46.4 Å². The Bertz CT molecular complexity index is 5040. The Kier molecular flexibility index (Phi) is 21.3. The number of fused-ring (bicyclic) bond motifs is 4. The van der Waals surface area contributed by atoms with E-state index in [0.29, 0.717) is 59.3 Å². The maximum atomic E-state index is 11.5. The lowest BCUT2D eigenvalue weighted by molar-refractivity contribution is 0.185. The highest BCUT2D eigenvalue weighted by atomic mass is 35.5. The van der Waals surface area contributed by atoms with Crippen LogP contribution in [0.25, 0.3) is 78.2 Å². The number of nitrogens with zero attached hydrogens (tertiary/aromatic N) is 11. The Balaban J connectivity index is 0.000000122. The van der Waals surface area contributed by atoms with Crippen LogP contribution in [0.3, 0.4) is 0 Å². The lowest BCUT2D eigenvalue weighted by atomic mass is 10.1. The van der Waals surface area contributed by atoms with Crippen LogP contribution in [0.1, 0.15) is 45.0 Å². The molecule has 4 aromatic heterocycles. The predicted molar refractivity (Wildman–Crippen MR) is 399 cm³/mol. The molecule has 0 bridgehead atoms. The number of aromatic nitrogens is 8. The summed E-state index contributed by atoms with van der Waals surface area (Å²) in [7, 11) is 3.07. The van der Waals surface area contributed by atoms with Gasteiger partial charge in [-0.05, 0) is 115 Å². The second-order valence-corrected chi connectivity index (χ2v) is 28.1. The van der Waals surface area contributed by atoms with Crippen molar-refractivity contribution in [1.29, 1.82) is 0 Å². The van der Waals surface area contributed by atoms with Crippen molar-refractivity contribution in [2.45, 2.75) is 75.7 Å². The topological polar surface area (TPSA) is 247 Å². The van der Waals surface area contributed by atoms with Gasteiger partial charge in [-0.1, -0.05) is 149 Å². The van der Waals surface area contributed by atoms with Crippen LogP contribution in [0, 0.1) is 0 Å². The third-order valence-corrected chi connectivity index (χ3v) is 19.7. The molecule has 4 aliphatic carbocycles. The minimum Gasteiger partial charge on any atom is -0.494 e. The highest BCUT2D eigenvalue weighted by molar-refractivity contribution is 7.86. The normalized spacial score (nSPS) is 16.0. The standard InChI is InChI=1S/C20H19ClN2O4S.C19H16ClN5O.C19H18ClN3O.C19H17ClN2O2/c1-26-19-6-4-3-5-18(19)23-20(13-7-9-14(21)10-8-13)16-11-15(12-17(16)22-23)27-28(2,24)25;1-26-18-5-3-2-4-17(18)25-19(12-6-8-13(20)9-7-12)15-10-14(22-24-21)11-16(15)23-25;1-24-18-5-3-2-4-17(18)23-19(12-6-8-13(20)9-7-12)15-10-14(21)11-16(15)22-23;1-24-18-5-3-2-4-17(18)22-19(12-6-8-13(20)9-7-12)15-10-14(23)11-16(15)21-22/h3-10,15H,11-12H2,1-2H3;2-9,14H,10-11H2,1H3;2-9,14H,10-11,21H2,1H3;2-9,14,23H,10-11H2,1H3. The summed E-state index contributed by atoms with van der Waals surface area (Å²) in [5.74, 6) is 2.99. The fourth-order valence-electron chi connectivity index (χ4n) is 13.7. The number of hydrogen-bond donors (Lipinski definition) is 2. The fourth-order valence-corrected chi connectivity index (χ4v) is 14.8. The van der Waals surface area contributed by atoms with E-state index in [2.05, 4.69) is 10.0 Å². The van der Waals surface area contributed by atoms with Crippen molar-refractivity contribution in [3.05, 3.63) is 270 Å². The van der Waals surface area contributed by atoms with Gasteiger partial charge in [0.15, 0.2) is 0 Å². The van der Waals surface area contributed by atoms with Crippen molar-refractivity contribution < 1.29 is 36.7 Å². The molecule has 0 radical (unpaired) electrons. The molecule has 4 heterocycles. The van der Waals surface area contributed by atoms with Gasteiger partial charge in [0.25, 0.3) is 10.1 Å². The number of benzene rings is 8. The third-order valence-electron chi connectivity index (χ3n) is 18.0. The molecule has 0 amide bonds. The van der Waals surface area contributed by atoms with E-state index in [1.165, 1.54) is 5.56 Å². The molecule has 0 saturated carbocycles. The van der Waals surface area contributed by atoms with E-state index in [-0.39, 0.29) is 18.2 Å². The smallest absolute Gasteiger partial charge is 0.264 e. The molecule has 12 aromatic rings. The Morgan fingerprint density at radius 2 is 0.735 bits per heavy atom. The summed E-state index contributed by atoms with van der Waals surface area (Å²) in [4.78, 5) is 2.96. The highest BCUT2D eigenvalue weighted by Gasteiger charge is 2.35. The zero-order valence-corrected chi connectivity index (χ0v) is 60.0. The summed E-state index contributed by atoms with van der Waals surface area (Å²) in [6.45, 7) is 0. The molecule has 20 nitrogen and oxygen atoms in total. The molecule has 4 atom stereocenters. The lowest BCUT2D eigenvalue weighted by Gasteiger charge is -2.15. The van der Waals surface area contributed by atoms with E-state index in [9.17, 15) is 13.5 Å². The lowest BCUT2D eigenvalue weighted by Crippen LogP contribution is -2.20. The molecular weight excluding hydrogens is 1390 g/mol. The third kappa shape index (κ3) is 15.0. The molecule has 520 valence electrons. The van der Waals surface area contributed by atoms with E-state index < -0.39 is 16.2 Å². The Morgan fingerprint density at radius 3 is 1.08 bits per heavy atom. The molecule has 0 saturated heterocycles. The number of methoxy groups -OCH3 is 4. The maximum Gasteiger partial charge on any atom is 0.264 e. The molecule has 8 aromatic carbocycles. The monoisotopic (exact) mass is 1460 g/mol. The molecular formula is C77H70Cl4N12O8S. The molecule has 4 aliphatic rings. The molecule has 25 heteroatoms. The van der Waals surface area contributed by atoms with Gasteiger partial charge in [-0.2, -0.15) is 28.8 Å². The maximum absolute atomic E-state index is 11.5. The largest absolute Gasteiger partial charge is 0.494 e. The first kappa shape index (κ1) is 70.5. The van der Waals surface area contributed by atoms with E-state index in [4.69, 9.17) is 101 Å². The number of para-hydroxylation sites is 8. The van der Waals surface area contributed by atoms with E-state index in [1.807, 2.05) is 213 Å². The first-order valence-electron chi connectivity index (χ1n) is 32.8. The quantitative estimate of drug-likeness (QED) is 0.0420. The second-order valence-electron chi connectivity index (χ2n) is 24.8. The first-order chi connectivity index (χ1) is 49.4. The van der Waals surface area contributed by atoms with Gasteiger partial charge in [-0.25, -0.2) is 18.7 Å². The molecule has 16 rings (SSSR count). The van der Waals surface area contributed by atoms with Gasteiger partial charge in [0.1, 0.15) is 45.7 Å². The molecule has 0 fully saturated rings. The van der Waals surface area contributed by atoms with E-state index >= 15 is 0 Å². The minimum atomic E-state index is -3.53. The van der Waals surface area contributed by atoms with E-state index in [0.717, 1.165) is 149 Å². The first-order valence-corrected chi connectivity index (χ1v) is 36.1. The van der Waals surface area contributed by atoms with Crippen molar-refractivity contribution >= 4 is 56.5 Å². The van der Waals surface area contributed by atoms with Crippen LogP contribution < -0.4 is 24.7 Å². The highest BCUT2D eigenvalue weighted by Crippen LogP contribution is 2.43. The summed E-state index contributed by atoms with van der Waals surface area (Å²) in [6, 6.07) is 61.9. The number of halogens is 4. The number of rotatable bonds is 15. The number of hydrogen-bond acceptors (Lipinski definition) is 14. The van der Waals surface area contributed by atoms with Gasteiger partial charge in [0.05, 0.1) is 92.5 Å². The van der Waals surface area contributed by atoms with Crippen LogP contribution in [0.15, 0.2) is 199 Å². The average molecular weight is 1470 g/mol. The molecule has 102 heavy (non-hydrogen) atoms. The van der Waals surface area contributed by atoms with Crippen LogP contribution in [-0.4, -0.2) is 112 Å². The molecule has 4 unspecified atom stereocenters. The van der Waals surface area contributed by atoms with Crippen LogP contribution in [-0.2, 0) is 65.7 Å². The predicted octanol–water partition coefficient (Wildman–Crippen LogP) is 15.9. The SMILES string of the molecule is COc1ccccc1-n1nc2c(c1-c1ccc(Cl)cc1)CC(N)C2.COc1ccccc1-n1nc2c(c1-c1ccc(Cl)cc1)CC(N=[N+]=[N-])C2.COc1ccccc1-n1nc2c(c1-c1ccc(Cl)cc1)CC(O)C2.COc1ccccc1-n1nc2c(c1-c1ccc(Cl)cc1)CC(OS(C)(=O)=O)C2. The van der Waals surface area contributed by atoms with Crippen molar-refractivity contribution in [2.75, 3.05) is 34.7 Å².